The van der Waals surface area contributed by atoms with Crippen molar-refractivity contribution in [1.29, 1.82) is 0 Å². The Morgan fingerprint density at radius 1 is 1.03 bits per heavy atom. The number of hydrogen-bond donors (Lipinski definition) is 1. The molecule has 1 amide bonds. The SMILES string of the molecule is COc1nc(Cl)c(C(O)c2ccccc2)c(OC(=O)N(C(C)C)C(C)C)c1OC. The van der Waals surface area contributed by atoms with Crippen molar-refractivity contribution in [2.75, 3.05) is 14.2 Å². The maximum Gasteiger partial charge on any atom is 0.415 e. The molecule has 0 saturated heterocycles. The first-order valence-corrected chi connectivity index (χ1v) is 9.65. The predicted molar refractivity (Wildman–Crippen MR) is 111 cm³/mol. The smallest absolute Gasteiger partial charge is 0.415 e. The average Bonchev–Trinajstić information content (AvgIpc) is 2.67. The number of aliphatic hydroxyl groups is 1. The summed E-state index contributed by atoms with van der Waals surface area (Å²) < 4.78 is 16.3. The second-order valence-corrected chi connectivity index (χ2v) is 7.32. The van der Waals surface area contributed by atoms with Crippen molar-refractivity contribution in [2.45, 2.75) is 45.9 Å². The highest BCUT2D eigenvalue weighted by Crippen LogP contribution is 2.46. The lowest BCUT2D eigenvalue weighted by atomic mass is 10.0. The van der Waals surface area contributed by atoms with Gasteiger partial charge in [0.2, 0.25) is 5.75 Å². The number of halogens is 1. The van der Waals surface area contributed by atoms with Crippen molar-refractivity contribution in [2.24, 2.45) is 0 Å². The topological polar surface area (TPSA) is 81.1 Å². The third-order valence-corrected chi connectivity index (χ3v) is 4.65. The predicted octanol–water partition coefficient (Wildman–Crippen LogP) is 4.45. The largest absolute Gasteiger partial charge is 0.489 e. The molecule has 1 aromatic heterocycles. The fourth-order valence-electron chi connectivity index (χ4n) is 3.13. The lowest BCUT2D eigenvalue weighted by molar-refractivity contribution is 0.119. The number of amides is 1. The summed E-state index contributed by atoms with van der Waals surface area (Å²) >= 11 is 6.36. The van der Waals surface area contributed by atoms with E-state index in [4.69, 9.17) is 25.8 Å². The van der Waals surface area contributed by atoms with E-state index in [0.717, 1.165) is 0 Å². The first-order chi connectivity index (χ1) is 13.7. The minimum Gasteiger partial charge on any atom is -0.489 e. The van der Waals surface area contributed by atoms with Gasteiger partial charge in [0, 0.05) is 12.1 Å². The Kier molecular flexibility index (Phi) is 7.70. The minimum absolute atomic E-state index is 0.0306. The number of methoxy groups -OCH3 is 2. The van der Waals surface area contributed by atoms with Crippen LogP contribution in [0.4, 0.5) is 4.79 Å². The maximum atomic E-state index is 12.9. The highest BCUT2D eigenvalue weighted by Gasteiger charge is 2.31. The number of nitrogens with zero attached hydrogens (tertiary/aromatic N) is 2. The molecule has 1 heterocycles. The van der Waals surface area contributed by atoms with Gasteiger partial charge in [-0.3, -0.25) is 0 Å². The van der Waals surface area contributed by atoms with E-state index in [1.807, 2.05) is 33.8 Å². The molecule has 0 bridgehead atoms. The molecule has 8 heteroatoms. The van der Waals surface area contributed by atoms with Crippen LogP contribution in [0.3, 0.4) is 0 Å². The van der Waals surface area contributed by atoms with Gasteiger partial charge in [0.15, 0.2) is 5.75 Å². The van der Waals surface area contributed by atoms with Gasteiger partial charge in [0.05, 0.1) is 19.8 Å². The van der Waals surface area contributed by atoms with Gasteiger partial charge in [-0.2, -0.15) is 4.98 Å². The van der Waals surface area contributed by atoms with Crippen molar-refractivity contribution in [3.8, 4) is 17.4 Å². The molecule has 0 saturated carbocycles. The molecule has 0 aliphatic rings. The van der Waals surface area contributed by atoms with E-state index in [2.05, 4.69) is 4.98 Å². The third-order valence-electron chi connectivity index (χ3n) is 4.37. The molecule has 158 valence electrons. The number of carbonyl (C=O) groups excluding carboxylic acids is 1. The molecule has 1 N–H and O–H groups in total. The van der Waals surface area contributed by atoms with Gasteiger partial charge in [0.25, 0.3) is 5.88 Å². The molecule has 0 aliphatic heterocycles. The molecule has 0 aliphatic carbocycles. The van der Waals surface area contributed by atoms with Gasteiger partial charge in [-0.15, -0.1) is 0 Å². The highest BCUT2D eigenvalue weighted by atomic mass is 35.5. The second-order valence-electron chi connectivity index (χ2n) is 6.96. The van der Waals surface area contributed by atoms with Crippen LogP contribution >= 0.6 is 11.6 Å². The summed E-state index contributed by atoms with van der Waals surface area (Å²) in [5.74, 6) is 0.0876. The fourth-order valence-corrected chi connectivity index (χ4v) is 3.40. The van der Waals surface area contributed by atoms with E-state index in [-0.39, 0.29) is 40.2 Å². The van der Waals surface area contributed by atoms with E-state index < -0.39 is 12.2 Å². The molecule has 1 unspecified atom stereocenters. The Hall–Kier alpha value is -2.51. The molecule has 1 aromatic carbocycles. The third kappa shape index (κ3) is 4.92. The van der Waals surface area contributed by atoms with Crippen molar-refractivity contribution in [3.63, 3.8) is 0 Å². The molecule has 0 fully saturated rings. The normalized spacial score (nSPS) is 12.1. The van der Waals surface area contributed by atoms with Gasteiger partial charge in [0.1, 0.15) is 11.3 Å². The van der Waals surface area contributed by atoms with Crippen LogP contribution < -0.4 is 14.2 Å². The molecule has 29 heavy (non-hydrogen) atoms. The Balaban J connectivity index is 2.64. The van der Waals surface area contributed by atoms with E-state index in [1.165, 1.54) is 14.2 Å². The lowest BCUT2D eigenvalue weighted by Crippen LogP contribution is -2.43. The summed E-state index contributed by atoms with van der Waals surface area (Å²) in [6.07, 6.45) is -1.79. The summed E-state index contributed by atoms with van der Waals surface area (Å²) in [5, 5.41) is 10.9. The van der Waals surface area contributed by atoms with E-state index >= 15 is 0 Å². The van der Waals surface area contributed by atoms with Crippen LogP contribution in [0.1, 0.15) is 44.9 Å². The summed E-state index contributed by atoms with van der Waals surface area (Å²) in [5.41, 5.74) is 0.682. The van der Waals surface area contributed by atoms with Crippen LogP contribution in [0, 0.1) is 0 Å². The number of rotatable bonds is 7. The standard InChI is InChI=1S/C21H27ClN2O5/c1-12(2)24(13(3)4)21(26)29-17-15(16(25)14-10-8-7-9-11-14)19(22)23-20(28-6)18(17)27-5/h7-13,16,25H,1-6H3. The van der Waals surface area contributed by atoms with Crippen molar-refractivity contribution >= 4 is 17.7 Å². The van der Waals surface area contributed by atoms with E-state index in [9.17, 15) is 9.90 Å². The summed E-state index contributed by atoms with van der Waals surface area (Å²) in [4.78, 5) is 18.7. The zero-order valence-corrected chi connectivity index (χ0v) is 18.2. The molecular weight excluding hydrogens is 396 g/mol. The van der Waals surface area contributed by atoms with Crippen molar-refractivity contribution in [3.05, 3.63) is 46.6 Å². The number of ether oxygens (including phenoxy) is 3. The quantitative estimate of drug-likeness (QED) is 0.664. The molecule has 2 rings (SSSR count). The molecule has 0 spiro atoms. The number of carbonyl (C=O) groups is 1. The zero-order valence-electron chi connectivity index (χ0n) is 17.5. The van der Waals surface area contributed by atoms with Crippen LogP contribution in [0.2, 0.25) is 5.15 Å². The van der Waals surface area contributed by atoms with Gasteiger partial charge in [-0.1, -0.05) is 41.9 Å². The van der Waals surface area contributed by atoms with Crippen LogP contribution in [0.25, 0.3) is 0 Å². The van der Waals surface area contributed by atoms with E-state index in [1.54, 1.807) is 29.2 Å². The number of pyridine rings is 1. The van der Waals surface area contributed by atoms with Crippen LogP contribution in [-0.2, 0) is 0 Å². The van der Waals surface area contributed by atoms with Crippen LogP contribution in [0.5, 0.6) is 17.4 Å². The van der Waals surface area contributed by atoms with Gasteiger partial charge >= 0.3 is 6.09 Å². The Labute approximate surface area is 176 Å². The van der Waals surface area contributed by atoms with Gasteiger partial charge in [-0.25, -0.2) is 4.79 Å². The molecule has 2 aromatic rings. The Bertz CT molecular complexity index is 835. The van der Waals surface area contributed by atoms with Gasteiger partial charge < -0.3 is 24.2 Å². The summed E-state index contributed by atoms with van der Waals surface area (Å²) in [6.45, 7) is 7.55. The second kappa shape index (κ2) is 9.80. The van der Waals surface area contributed by atoms with Crippen LogP contribution in [-0.4, -0.2) is 47.4 Å². The first-order valence-electron chi connectivity index (χ1n) is 9.27. The molecular formula is C21H27ClN2O5. The highest BCUT2D eigenvalue weighted by molar-refractivity contribution is 6.30. The Morgan fingerprint density at radius 3 is 2.10 bits per heavy atom. The fraction of sp³-hybridized carbons (Fsp3) is 0.429. The molecule has 1 atom stereocenters. The zero-order chi connectivity index (χ0) is 21.7. The number of aliphatic hydroxyl groups excluding tert-OH is 1. The van der Waals surface area contributed by atoms with Crippen LogP contribution in [0.15, 0.2) is 30.3 Å². The number of benzene rings is 1. The monoisotopic (exact) mass is 422 g/mol. The lowest BCUT2D eigenvalue weighted by Gasteiger charge is -2.30. The molecule has 0 radical (unpaired) electrons. The number of aromatic nitrogens is 1. The minimum atomic E-state index is -1.19. The van der Waals surface area contributed by atoms with Crippen molar-refractivity contribution < 1.29 is 24.1 Å². The maximum absolute atomic E-state index is 12.9. The Morgan fingerprint density at radius 2 is 1.62 bits per heavy atom. The molecule has 7 nitrogen and oxygen atoms in total. The summed E-state index contributed by atoms with van der Waals surface area (Å²) in [7, 11) is 2.79. The van der Waals surface area contributed by atoms with Gasteiger partial charge in [-0.05, 0) is 33.3 Å². The number of hydrogen-bond acceptors (Lipinski definition) is 6. The van der Waals surface area contributed by atoms with Crippen molar-refractivity contribution in [1.82, 2.24) is 9.88 Å². The van der Waals surface area contributed by atoms with E-state index in [0.29, 0.717) is 5.56 Å². The summed E-state index contributed by atoms with van der Waals surface area (Å²) in [6, 6.07) is 8.66. The first kappa shape index (κ1) is 22.8. The average molecular weight is 423 g/mol.